The van der Waals surface area contributed by atoms with Crippen LogP contribution in [0.25, 0.3) is 0 Å². The van der Waals surface area contributed by atoms with E-state index < -0.39 is 11.2 Å². The normalized spacial score (nSPS) is 10.4. The third-order valence-electron chi connectivity index (χ3n) is 2.81. The summed E-state index contributed by atoms with van der Waals surface area (Å²) in [5.74, 6) is -0.231. The van der Waals surface area contributed by atoms with E-state index in [1.54, 1.807) is 0 Å². The first-order valence-corrected chi connectivity index (χ1v) is 7.13. The van der Waals surface area contributed by atoms with Crippen LogP contribution in [-0.2, 0) is 4.79 Å². The molecule has 0 aliphatic heterocycles. The third-order valence-corrected chi connectivity index (χ3v) is 3.77. The second-order valence-corrected chi connectivity index (χ2v) is 5.41. The minimum atomic E-state index is -0.677. The number of benzene rings is 1. The first kappa shape index (κ1) is 15.0. The van der Waals surface area contributed by atoms with Gasteiger partial charge in [-0.05, 0) is 37.1 Å². The fourth-order valence-corrected chi connectivity index (χ4v) is 2.22. The zero-order valence-corrected chi connectivity index (χ0v) is 12.3. The van der Waals surface area contributed by atoms with Crippen LogP contribution in [0.15, 0.2) is 32.8 Å². The molecule has 7 nitrogen and oxygen atoms in total. The van der Waals surface area contributed by atoms with Gasteiger partial charge in [-0.15, -0.1) is 0 Å². The molecule has 0 saturated carbocycles. The number of nitrogens with zero attached hydrogens (tertiary/aromatic N) is 1. The Morgan fingerprint density at radius 1 is 1.29 bits per heavy atom. The Morgan fingerprint density at radius 2 is 2.05 bits per heavy atom. The average molecular weight is 306 g/mol. The topological polar surface area (TPSA) is 108 Å². The number of H-pyrrole nitrogens is 2. The zero-order chi connectivity index (χ0) is 15.4. The van der Waals surface area contributed by atoms with E-state index in [2.05, 4.69) is 15.5 Å². The van der Waals surface area contributed by atoms with E-state index in [-0.39, 0.29) is 16.7 Å². The van der Waals surface area contributed by atoms with Crippen molar-refractivity contribution in [1.29, 1.82) is 0 Å². The molecule has 0 aliphatic rings. The number of aryl methyl sites for hydroxylation is 2. The van der Waals surface area contributed by atoms with E-state index in [1.165, 1.54) is 0 Å². The Morgan fingerprint density at radius 3 is 2.71 bits per heavy atom. The van der Waals surface area contributed by atoms with Crippen molar-refractivity contribution in [2.45, 2.75) is 18.9 Å². The number of anilines is 1. The summed E-state index contributed by atoms with van der Waals surface area (Å²) < 4.78 is 0. The van der Waals surface area contributed by atoms with E-state index in [1.807, 2.05) is 37.0 Å². The maximum Gasteiger partial charge on any atom is 0.342 e. The molecule has 0 atom stereocenters. The van der Waals surface area contributed by atoms with Crippen molar-refractivity contribution < 1.29 is 4.79 Å². The number of nitrogens with one attached hydrogen (secondary N) is 3. The summed E-state index contributed by atoms with van der Waals surface area (Å²) in [6.45, 7) is 3.95. The third kappa shape index (κ3) is 4.06. The predicted octanol–water partition coefficient (Wildman–Crippen LogP) is 0.806. The standard InChI is InChI=1S/C13H14N4O3S/c1-7-3-4-9(5-8(7)2)14-10(18)6-21-12-11(19)15-13(20)17-16-12/h3-5H,6H2,1-2H3,(H,14,18)(H2,15,17,19,20). The molecule has 1 heterocycles. The first-order valence-electron chi connectivity index (χ1n) is 6.14. The summed E-state index contributed by atoms with van der Waals surface area (Å²) in [7, 11) is 0. The SMILES string of the molecule is Cc1ccc(NC(=O)CSc2n[nH]c(=O)[nH]c2=O)cc1C. The first-order chi connectivity index (χ1) is 9.95. The highest BCUT2D eigenvalue weighted by molar-refractivity contribution is 7.99. The van der Waals surface area contributed by atoms with Gasteiger partial charge in [0.05, 0.1) is 5.75 Å². The van der Waals surface area contributed by atoms with Crippen molar-refractivity contribution in [3.63, 3.8) is 0 Å². The van der Waals surface area contributed by atoms with Crippen LogP contribution in [-0.4, -0.2) is 26.8 Å². The Labute approximate surface area is 124 Å². The fraction of sp³-hybridized carbons (Fsp3) is 0.231. The lowest BCUT2D eigenvalue weighted by atomic mass is 10.1. The molecule has 1 aromatic heterocycles. The van der Waals surface area contributed by atoms with Crippen molar-refractivity contribution in [3.05, 3.63) is 50.2 Å². The molecule has 2 rings (SSSR count). The number of hydrogen-bond donors (Lipinski definition) is 3. The van der Waals surface area contributed by atoms with Gasteiger partial charge >= 0.3 is 5.69 Å². The monoisotopic (exact) mass is 306 g/mol. The van der Waals surface area contributed by atoms with Crippen molar-refractivity contribution in [2.75, 3.05) is 11.1 Å². The molecule has 2 aromatic rings. The second-order valence-electron chi connectivity index (χ2n) is 4.45. The molecule has 0 bridgehead atoms. The molecule has 110 valence electrons. The van der Waals surface area contributed by atoms with E-state index in [9.17, 15) is 14.4 Å². The highest BCUT2D eigenvalue weighted by Crippen LogP contribution is 2.15. The predicted molar refractivity (Wildman–Crippen MR) is 80.7 cm³/mol. The molecule has 3 N–H and O–H groups in total. The van der Waals surface area contributed by atoms with Crippen molar-refractivity contribution >= 4 is 23.4 Å². The average Bonchev–Trinajstić information content (AvgIpc) is 2.42. The molecule has 1 aromatic carbocycles. The second kappa shape index (κ2) is 6.40. The molecular weight excluding hydrogens is 292 g/mol. The van der Waals surface area contributed by atoms with Gasteiger partial charge in [0, 0.05) is 5.69 Å². The number of aromatic nitrogens is 3. The van der Waals surface area contributed by atoms with Gasteiger partial charge in [0.15, 0.2) is 5.03 Å². The number of amides is 1. The molecule has 8 heteroatoms. The Kier molecular flexibility index (Phi) is 4.59. The summed E-state index contributed by atoms with van der Waals surface area (Å²) in [6, 6.07) is 5.62. The minimum Gasteiger partial charge on any atom is -0.325 e. The van der Waals surface area contributed by atoms with Gasteiger partial charge in [0.25, 0.3) is 5.56 Å². The maximum atomic E-state index is 11.8. The number of rotatable bonds is 4. The van der Waals surface area contributed by atoms with Crippen LogP contribution in [0.2, 0.25) is 0 Å². The number of hydrogen-bond acceptors (Lipinski definition) is 5. The largest absolute Gasteiger partial charge is 0.342 e. The molecule has 0 fully saturated rings. The number of carbonyl (C=O) groups excluding carboxylic acids is 1. The Bertz CT molecular complexity index is 781. The van der Waals surface area contributed by atoms with Crippen LogP contribution in [0, 0.1) is 13.8 Å². The summed E-state index contributed by atoms with van der Waals surface area (Å²) in [5.41, 5.74) is 1.64. The summed E-state index contributed by atoms with van der Waals surface area (Å²) in [5, 5.41) is 8.48. The molecule has 0 saturated heterocycles. The highest BCUT2D eigenvalue weighted by Gasteiger charge is 2.08. The van der Waals surface area contributed by atoms with Crippen molar-refractivity contribution in [1.82, 2.24) is 15.2 Å². The molecule has 0 radical (unpaired) electrons. The minimum absolute atomic E-state index is 0.0229. The molecule has 0 aliphatic carbocycles. The lowest BCUT2D eigenvalue weighted by Gasteiger charge is -2.07. The number of aromatic amines is 2. The van der Waals surface area contributed by atoms with Gasteiger partial charge in [-0.2, -0.15) is 5.10 Å². The quantitative estimate of drug-likeness (QED) is 0.724. The van der Waals surface area contributed by atoms with Gasteiger partial charge in [-0.1, -0.05) is 17.8 Å². The van der Waals surface area contributed by atoms with Gasteiger partial charge in [-0.25, -0.2) is 9.89 Å². The van der Waals surface area contributed by atoms with Gasteiger partial charge in [0.2, 0.25) is 5.91 Å². The summed E-state index contributed by atoms with van der Waals surface area (Å²) >= 11 is 0.953. The van der Waals surface area contributed by atoms with Crippen LogP contribution >= 0.6 is 11.8 Å². The van der Waals surface area contributed by atoms with Gasteiger partial charge < -0.3 is 5.32 Å². The smallest absolute Gasteiger partial charge is 0.325 e. The Hall–Kier alpha value is -2.35. The lowest BCUT2D eigenvalue weighted by Crippen LogP contribution is -2.25. The number of thioether (sulfide) groups is 1. The van der Waals surface area contributed by atoms with Crippen molar-refractivity contribution in [2.24, 2.45) is 0 Å². The summed E-state index contributed by atoms with van der Waals surface area (Å²) in [4.78, 5) is 36.1. The fourth-order valence-electron chi connectivity index (χ4n) is 1.58. The van der Waals surface area contributed by atoms with Crippen molar-refractivity contribution in [3.8, 4) is 0 Å². The maximum absolute atomic E-state index is 11.8. The molecule has 1 amide bonds. The lowest BCUT2D eigenvalue weighted by molar-refractivity contribution is -0.113. The van der Waals surface area contributed by atoms with E-state index >= 15 is 0 Å². The van der Waals surface area contributed by atoms with Crippen LogP contribution in [0.4, 0.5) is 5.69 Å². The van der Waals surface area contributed by atoms with Crippen LogP contribution < -0.4 is 16.6 Å². The molecule has 0 unspecified atom stereocenters. The van der Waals surface area contributed by atoms with E-state index in [0.29, 0.717) is 5.69 Å². The molecular formula is C13H14N4O3S. The van der Waals surface area contributed by atoms with Crippen LogP contribution in [0.1, 0.15) is 11.1 Å². The van der Waals surface area contributed by atoms with E-state index in [4.69, 9.17) is 0 Å². The van der Waals surface area contributed by atoms with Gasteiger partial charge in [-0.3, -0.25) is 14.6 Å². The molecule has 0 spiro atoms. The van der Waals surface area contributed by atoms with Crippen LogP contribution in [0.3, 0.4) is 0 Å². The zero-order valence-electron chi connectivity index (χ0n) is 11.5. The highest BCUT2D eigenvalue weighted by atomic mass is 32.2. The van der Waals surface area contributed by atoms with Gasteiger partial charge in [0.1, 0.15) is 0 Å². The molecule has 21 heavy (non-hydrogen) atoms. The Balaban J connectivity index is 1.97. The number of carbonyl (C=O) groups is 1. The summed E-state index contributed by atoms with van der Waals surface area (Å²) in [6.07, 6.45) is 0. The van der Waals surface area contributed by atoms with Crippen LogP contribution in [0.5, 0.6) is 0 Å². The van der Waals surface area contributed by atoms with E-state index in [0.717, 1.165) is 22.9 Å².